The van der Waals surface area contributed by atoms with E-state index >= 15 is 0 Å². The number of allylic oxidation sites excluding steroid dienone is 1. The van der Waals surface area contributed by atoms with Gasteiger partial charge in [0.15, 0.2) is 11.5 Å². The molecule has 0 heterocycles. The number of hydrogen-bond donors (Lipinski definition) is 1. The quantitative estimate of drug-likeness (QED) is 0.207. The first-order chi connectivity index (χ1) is 20.6. The lowest BCUT2D eigenvalue weighted by atomic mass is 9.32. The Morgan fingerprint density at radius 3 is 2.34 bits per heavy atom. The molecule has 0 aromatic heterocycles. The van der Waals surface area contributed by atoms with E-state index in [1.807, 2.05) is 6.07 Å². The van der Waals surface area contributed by atoms with E-state index in [-0.39, 0.29) is 28.7 Å². The van der Waals surface area contributed by atoms with Crippen LogP contribution in [0.2, 0.25) is 0 Å². The Balaban J connectivity index is 1.21. The first kappa shape index (κ1) is 31.7. The largest absolute Gasteiger partial charge is 0.504 e. The van der Waals surface area contributed by atoms with Gasteiger partial charge in [-0.2, -0.15) is 0 Å². The van der Waals surface area contributed by atoms with Crippen molar-refractivity contribution < 1.29 is 19.4 Å². The Bertz CT molecular complexity index is 1340. The van der Waals surface area contributed by atoms with Crippen molar-refractivity contribution in [2.45, 2.75) is 119 Å². The van der Waals surface area contributed by atoms with E-state index in [0.29, 0.717) is 39.7 Å². The van der Waals surface area contributed by atoms with E-state index in [2.05, 4.69) is 55.0 Å². The Kier molecular flexibility index (Phi) is 7.69. The minimum atomic E-state index is -0.301. The second kappa shape index (κ2) is 10.7. The third-order valence-electron chi connectivity index (χ3n) is 15.3. The number of hydrogen-bond acceptors (Lipinski definition) is 4. The third-order valence-corrected chi connectivity index (χ3v) is 15.3. The minimum Gasteiger partial charge on any atom is -0.504 e. The van der Waals surface area contributed by atoms with Gasteiger partial charge in [0.2, 0.25) is 0 Å². The fourth-order valence-corrected chi connectivity index (χ4v) is 12.8. The SMILES string of the molecule is C=C(C)[C@@H]1CC[C@]2(C)CC[C@]3(C)[C@H](CC[C@@H]4[C@@]5(C)CC[C@H](OC(=O)/C=C/c6ccc(OC)c(O)c6)C(C)(C)[C@@H]5CC[C@]43C)[C@@H]12. The first-order valence-corrected chi connectivity index (χ1v) is 17.5. The van der Waals surface area contributed by atoms with Gasteiger partial charge in [-0.15, -0.1) is 0 Å². The monoisotopic (exact) mass is 602 g/mol. The molecule has 1 N–H and O–H groups in total. The van der Waals surface area contributed by atoms with Crippen LogP contribution in [-0.2, 0) is 9.53 Å². The number of aromatic hydroxyl groups is 1. The van der Waals surface area contributed by atoms with E-state index < -0.39 is 0 Å². The van der Waals surface area contributed by atoms with Crippen molar-refractivity contribution >= 4 is 12.0 Å². The van der Waals surface area contributed by atoms with Crippen LogP contribution in [-0.4, -0.2) is 24.3 Å². The topological polar surface area (TPSA) is 55.8 Å². The van der Waals surface area contributed by atoms with Gasteiger partial charge in [0, 0.05) is 11.5 Å². The molecule has 6 rings (SSSR count). The number of phenolic OH excluding ortho intramolecular Hbond substituents is 1. The zero-order valence-corrected chi connectivity index (χ0v) is 28.8. The summed E-state index contributed by atoms with van der Waals surface area (Å²) in [7, 11) is 1.52. The number of benzene rings is 1. The van der Waals surface area contributed by atoms with Crippen molar-refractivity contribution in [3.63, 3.8) is 0 Å². The van der Waals surface area contributed by atoms with Crippen molar-refractivity contribution in [1.82, 2.24) is 0 Å². The summed E-state index contributed by atoms with van der Waals surface area (Å²) in [4.78, 5) is 13.1. The smallest absolute Gasteiger partial charge is 0.331 e. The number of ether oxygens (including phenoxy) is 2. The summed E-state index contributed by atoms with van der Waals surface area (Å²) >= 11 is 0. The molecule has 4 nitrogen and oxygen atoms in total. The second-order valence-corrected chi connectivity index (χ2v) is 17.4. The number of esters is 1. The van der Waals surface area contributed by atoms with Crippen LogP contribution < -0.4 is 4.74 Å². The summed E-state index contributed by atoms with van der Waals surface area (Å²) in [5, 5.41) is 10.1. The van der Waals surface area contributed by atoms with Gasteiger partial charge in [-0.1, -0.05) is 59.8 Å². The molecular formula is C40H58O4. The summed E-state index contributed by atoms with van der Waals surface area (Å²) in [6, 6.07) is 5.13. The molecule has 5 saturated carbocycles. The molecule has 0 radical (unpaired) electrons. The van der Waals surface area contributed by atoms with Gasteiger partial charge in [-0.25, -0.2) is 4.79 Å². The minimum absolute atomic E-state index is 0.0593. The number of phenols is 1. The number of fused-ring (bicyclic) bond motifs is 7. The van der Waals surface area contributed by atoms with Crippen LogP contribution >= 0.6 is 0 Å². The molecule has 1 aromatic rings. The molecule has 5 aliphatic rings. The lowest BCUT2D eigenvalue weighted by Gasteiger charge is -2.73. The van der Waals surface area contributed by atoms with Crippen LogP contribution in [0.4, 0.5) is 0 Å². The lowest BCUT2D eigenvalue weighted by Crippen LogP contribution is -2.66. The fraction of sp³-hybridized carbons (Fsp3) is 0.725. The van der Waals surface area contributed by atoms with Gasteiger partial charge in [-0.3, -0.25) is 0 Å². The number of methoxy groups -OCH3 is 1. The molecule has 0 spiro atoms. The van der Waals surface area contributed by atoms with E-state index in [0.717, 1.165) is 30.2 Å². The van der Waals surface area contributed by atoms with Crippen molar-refractivity contribution in [2.75, 3.05) is 7.11 Å². The molecule has 1 aromatic carbocycles. The van der Waals surface area contributed by atoms with Crippen molar-refractivity contribution in [3.05, 3.63) is 42.0 Å². The van der Waals surface area contributed by atoms with Gasteiger partial charge in [0.1, 0.15) is 6.10 Å². The first-order valence-electron chi connectivity index (χ1n) is 17.5. The molecule has 10 atom stereocenters. The highest BCUT2D eigenvalue weighted by Gasteiger charge is 2.70. The van der Waals surface area contributed by atoms with E-state index in [1.54, 1.807) is 18.2 Å². The summed E-state index contributed by atoms with van der Waals surface area (Å²) in [6.45, 7) is 22.2. The van der Waals surface area contributed by atoms with E-state index in [1.165, 1.54) is 70.1 Å². The van der Waals surface area contributed by atoms with Gasteiger partial charge >= 0.3 is 5.97 Å². The summed E-state index contributed by atoms with van der Waals surface area (Å²) < 4.78 is 11.4. The van der Waals surface area contributed by atoms with Gasteiger partial charge in [0.25, 0.3) is 0 Å². The molecule has 0 bridgehead atoms. The maximum atomic E-state index is 13.1. The predicted octanol–water partition coefficient (Wildman–Crippen LogP) is 10.0. The molecule has 5 fully saturated rings. The molecule has 44 heavy (non-hydrogen) atoms. The van der Waals surface area contributed by atoms with Crippen molar-refractivity contribution in [2.24, 2.45) is 56.7 Å². The van der Waals surface area contributed by atoms with Crippen LogP contribution in [0.1, 0.15) is 118 Å². The highest BCUT2D eigenvalue weighted by Crippen LogP contribution is 2.77. The predicted molar refractivity (Wildman–Crippen MR) is 178 cm³/mol. The second-order valence-electron chi connectivity index (χ2n) is 17.4. The van der Waals surface area contributed by atoms with Gasteiger partial charge < -0.3 is 14.6 Å². The summed E-state index contributed by atoms with van der Waals surface area (Å²) in [6.07, 6.45) is 15.9. The molecule has 5 aliphatic carbocycles. The molecule has 0 amide bonds. The van der Waals surface area contributed by atoms with Gasteiger partial charge in [-0.05, 0) is 146 Å². The maximum Gasteiger partial charge on any atom is 0.331 e. The van der Waals surface area contributed by atoms with E-state index in [9.17, 15) is 9.90 Å². The van der Waals surface area contributed by atoms with Crippen LogP contribution in [0.15, 0.2) is 36.4 Å². The standard InChI is InChI=1S/C40H58O4/c1-25(2)27-16-19-37(5)22-23-39(7)28(35(27)37)12-14-32-38(6)20-18-33(36(3,4)31(38)17-21-40(32,39)8)44-34(42)15-11-26-10-13-30(43-9)29(41)24-26/h10-11,13,15,24,27-28,31-33,35,41H,1,12,14,16-23H2,2-9H3/b15-11+/t27-,28+,31-,32+,33-,35+,37+,38-,39+,40+/m0/s1. The van der Waals surface area contributed by atoms with Crippen molar-refractivity contribution in [3.8, 4) is 11.5 Å². The Labute approximate surface area is 267 Å². The van der Waals surface area contributed by atoms with Crippen LogP contribution in [0.5, 0.6) is 11.5 Å². The lowest BCUT2D eigenvalue weighted by molar-refractivity contribution is -0.248. The average molecular weight is 603 g/mol. The van der Waals surface area contributed by atoms with Crippen LogP contribution in [0.3, 0.4) is 0 Å². The molecule has 242 valence electrons. The summed E-state index contributed by atoms with van der Waals surface area (Å²) in [5.41, 5.74) is 3.55. The number of rotatable bonds is 5. The molecule has 4 heteroatoms. The van der Waals surface area contributed by atoms with Crippen LogP contribution in [0, 0.1) is 56.7 Å². The zero-order valence-electron chi connectivity index (χ0n) is 28.8. The maximum absolute atomic E-state index is 13.1. The summed E-state index contributed by atoms with van der Waals surface area (Å²) in [5.74, 6) is 3.71. The fourth-order valence-electron chi connectivity index (χ4n) is 12.8. The molecule has 0 aliphatic heterocycles. The zero-order chi connectivity index (χ0) is 31.9. The van der Waals surface area contributed by atoms with Crippen molar-refractivity contribution in [1.29, 1.82) is 0 Å². The Morgan fingerprint density at radius 1 is 0.909 bits per heavy atom. The Hall–Kier alpha value is -2.23. The highest BCUT2D eigenvalue weighted by molar-refractivity contribution is 5.87. The molecule has 0 unspecified atom stereocenters. The molecule has 0 saturated heterocycles. The third kappa shape index (κ3) is 4.54. The average Bonchev–Trinajstić information content (AvgIpc) is 3.32. The Morgan fingerprint density at radius 2 is 1.66 bits per heavy atom. The number of carbonyl (C=O) groups excluding carboxylic acids is 1. The highest BCUT2D eigenvalue weighted by atomic mass is 16.5. The van der Waals surface area contributed by atoms with Gasteiger partial charge in [0.05, 0.1) is 7.11 Å². The van der Waals surface area contributed by atoms with Crippen LogP contribution in [0.25, 0.3) is 6.08 Å². The van der Waals surface area contributed by atoms with E-state index in [4.69, 9.17) is 9.47 Å². The molecular weight excluding hydrogens is 544 g/mol. The normalized spacial score (nSPS) is 44.2. The number of carbonyl (C=O) groups is 1.